The highest BCUT2D eigenvalue weighted by Crippen LogP contribution is 2.26. The Labute approximate surface area is 117 Å². The Balaban J connectivity index is 2.04. The number of pyridine rings is 1. The van der Waals surface area contributed by atoms with Gasteiger partial charge in [-0.15, -0.1) is 0 Å². The first-order valence-electron chi connectivity index (χ1n) is 6.68. The van der Waals surface area contributed by atoms with Crippen LogP contribution in [0.15, 0.2) is 36.5 Å². The summed E-state index contributed by atoms with van der Waals surface area (Å²) in [5, 5.41) is 12.0. The number of nitrogens with zero attached hydrogens (tertiary/aromatic N) is 1. The molecule has 2 unspecified atom stereocenters. The first-order valence-corrected chi connectivity index (χ1v) is 6.68. The molecule has 0 spiro atoms. The number of carboxylic acid groups (broad SMARTS) is 1. The van der Waals surface area contributed by atoms with E-state index < -0.39 is 17.8 Å². The van der Waals surface area contributed by atoms with Crippen molar-refractivity contribution in [1.29, 1.82) is 0 Å². The van der Waals surface area contributed by atoms with Crippen LogP contribution in [0.25, 0.3) is 0 Å². The first-order chi connectivity index (χ1) is 9.59. The fourth-order valence-corrected chi connectivity index (χ4v) is 2.40. The maximum Gasteiger partial charge on any atom is 0.307 e. The molecule has 0 saturated carbocycles. The molecule has 1 aliphatic carbocycles. The molecule has 1 aromatic heterocycles. The van der Waals surface area contributed by atoms with Gasteiger partial charge in [-0.2, -0.15) is 0 Å². The molecule has 0 bridgehead atoms. The van der Waals surface area contributed by atoms with Crippen molar-refractivity contribution in [2.45, 2.75) is 25.8 Å². The van der Waals surface area contributed by atoms with Gasteiger partial charge in [-0.25, -0.2) is 0 Å². The van der Waals surface area contributed by atoms with Gasteiger partial charge in [0.05, 0.1) is 23.6 Å². The molecule has 0 saturated heterocycles. The number of hydrogen-bond donors (Lipinski definition) is 2. The second-order valence-electron chi connectivity index (χ2n) is 4.98. The molecule has 2 N–H and O–H groups in total. The van der Waals surface area contributed by atoms with Crippen LogP contribution in [0, 0.1) is 11.8 Å². The van der Waals surface area contributed by atoms with E-state index in [4.69, 9.17) is 0 Å². The van der Waals surface area contributed by atoms with Crippen LogP contribution in [-0.4, -0.2) is 22.0 Å². The summed E-state index contributed by atoms with van der Waals surface area (Å²) in [4.78, 5) is 27.6. The SMILES string of the molecule is C[C@H](NC(=O)C1CC=CCC1C(=O)O)c1ccccn1. The van der Waals surface area contributed by atoms with Crippen LogP contribution in [0.4, 0.5) is 0 Å². The Bertz CT molecular complexity index is 513. The second-order valence-corrected chi connectivity index (χ2v) is 4.98. The zero-order valence-electron chi connectivity index (χ0n) is 11.3. The van der Waals surface area contributed by atoms with E-state index in [2.05, 4.69) is 10.3 Å². The minimum Gasteiger partial charge on any atom is -0.481 e. The van der Waals surface area contributed by atoms with Gasteiger partial charge in [0.1, 0.15) is 0 Å². The quantitative estimate of drug-likeness (QED) is 0.822. The Kier molecular flexibility index (Phi) is 4.50. The predicted molar refractivity (Wildman–Crippen MR) is 73.8 cm³/mol. The lowest BCUT2D eigenvalue weighted by atomic mass is 9.82. The zero-order valence-corrected chi connectivity index (χ0v) is 11.3. The lowest BCUT2D eigenvalue weighted by Gasteiger charge is -2.25. The van der Waals surface area contributed by atoms with Crippen molar-refractivity contribution in [2.75, 3.05) is 0 Å². The van der Waals surface area contributed by atoms with Crippen LogP contribution < -0.4 is 5.32 Å². The summed E-state index contributed by atoms with van der Waals surface area (Å²) < 4.78 is 0. The summed E-state index contributed by atoms with van der Waals surface area (Å²) in [6.07, 6.45) is 6.24. The van der Waals surface area contributed by atoms with Crippen molar-refractivity contribution in [3.63, 3.8) is 0 Å². The van der Waals surface area contributed by atoms with Crippen LogP contribution in [-0.2, 0) is 9.59 Å². The topological polar surface area (TPSA) is 79.3 Å². The van der Waals surface area contributed by atoms with Crippen LogP contribution in [0.1, 0.15) is 31.5 Å². The van der Waals surface area contributed by atoms with Crippen molar-refractivity contribution >= 4 is 11.9 Å². The van der Waals surface area contributed by atoms with Crippen LogP contribution >= 0.6 is 0 Å². The number of aromatic nitrogens is 1. The van der Waals surface area contributed by atoms with E-state index in [1.807, 2.05) is 37.3 Å². The van der Waals surface area contributed by atoms with Gasteiger partial charge in [0.2, 0.25) is 5.91 Å². The molecule has 1 heterocycles. The number of carbonyl (C=O) groups is 2. The molecule has 2 rings (SSSR count). The molecule has 106 valence electrons. The fraction of sp³-hybridized carbons (Fsp3) is 0.400. The van der Waals surface area contributed by atoms with Gasteiger partial charge in [0.25, 0.3) is 0 Å². The predicted octanol–water partition coefficient (Wildman–Crippen LogP) is 1.93. The van der Waals surface area contributed by atoms with Crippen molar-refractivity contribution in [2.24, 2.45) is 11.8 Å². The molecule has 5 heteroatoms. The number of amides is 1. The van der Waals surface area contributed by atoms with Crippen molar-refractivity contribution in [3.05, 3.63) is 42.2 Å². The minimum atomic E-state index is -0.917. The second kappa shape index (κ2) is 6.32. The Morgan fingerprint density at radius 2 is 2.00 bits per heavy atom. The molecule has 0 aliphatic heterocycles. The van der Waals surface area contributed by atoms with Crippen LogP contribution in [0.5, 0.6) is 0 Å². The highest BCUT2D eigenvalue weighted by molar-refractivity contribution is 5.85. The number of rotatable bonds is 4. The highest BCUT2D eigenvalue weighted by atomic mass is 16.4. The minimum absolute atomic E-state index is 0.222. The van der Waals surface area contributed by atoms with E-state index in [-0.39, 0.29) is 11.9 Å². The van der Waals surface area contributed by atoms with Crippen molar-refractivity contribution < 1.29 is 14.7 Å². The van der Waals surface area contributed by atoms with Gasteiger partial charge >= 0.3 is 5.97 Å². The number of carboxylic acids is 1. The van der Waals surface area contributed by atoms with E-state index >= 15 is 0 Å². The summed E-state index contributed by atoms with van der Waals surface area (Å²) >= 11 is 0. The molecular formula is C15H18N2O3. The average Bonchev–Trinajstić information content (AvgIpc) is 2.48. The van der Waals surface area contributed by atoms with Gasteiger partial charge in [0.15, 0.2) is 0 Å². The number of carbonyl (C=O) groups excluding carboxylic acids is 1. The molecular weight excluding hydrogens is 256 g/mol. The zero-order chi connectivity index (χ0) is 14.5. The molecule has 0 aromatic carbocycles. The van der Waals surface area contributed by atoms with E-state index in [0.717, 1.165) is 5.69 Å². The number of aliphatic carboxylic acids is 1. The third-order valence-corrected chi connectivity index (χ3v) is 3.58. The summed E-state index contributed by atoms with van der Waals surface area (Å²) in [5.74, 6) is -2.29. The molecule has 0 fully saturated rings. The molecule has 1 amide bonds. The van der Waals surface area contributed by atoms with Crippen LogP contribution in [0.2, 0.25) is 0 Å². The van der Waals surface area contributed by atoms with E-state index in [1.54, 1.807) is 6.20 Å². The monoisotopic (exact) mass is 274 g/mol. The molecule has 1 aromatic rings. The fourth-order valence-electron chi connectivity index (χ4n) is 2.40. The third kappa shape index (κ3) is 3.23. The van der Waals surface area contributed by atoms with Gasteiger partial charge in [-0.05, 0) is 31.9 Å². The summed E-state index contributed by atoms with van der Waals surface area (Å²) in [5.41, 5.74) is 0.763. The molecule has 5 nitrogen and oxygen atoms in total. The summed E-state index contributed by atoms with van der Waals surface area (Å²) in [6.45, 7) is 1.84. The number of nitrogens with one attached hydrogen (secondary N) is 1. The highest BCUT2D eigenvalue weighted by Gasteiger charge is 2.34. The third-order valence-electron chi connectivity index (χ3n) is 3.58. The maximum atomic E-state index is 12.3. The lowest BCUT2D eigenvalue weighted by molar-refractivity contribution is -0.147. The largest absolute Gasteiger partial charge is 0.481 e. The maximum absolute atomic E-state index is 12.3. The summed E-state index contributed by atoms with van der Waals surface area (Å²) in [6, 6.07) is 5.27. The van der Waals surface area contributed by atoms with Crippen molar-refractivity contribution in [1.82, 2.24) is 10.3 Å². The summed E-state index contributed by atoms with van der Waals surface area (Å²) in [7, 11) is 0. The normalized spacial score (nSPS) is 23.1. The Morgan fingerprint density at radius 3 is 2.60 bits per heavy atom. The van der Waals surface area contributed by atoms with Gasteiger partial charge in [0, 0.05) is 6.20 Å². The van der Waals surface area contributed by atoms with E-state index in [1.165, 1.54) is 0 Å². The smallest absolute Gasteiger partial charge is 0.307 e. The molecule has 3 atom stereocenters. The Morgan fingerprint density at radius 1 is 1.30 bits per heavy atom. The van der Waals surface area contributed by atoms with Gasteiger partial charge in [-0.1, -0.05) is 18.2 Å². The number of allylic oxidation sites excluding steroid dienone is 2. The average molecular weight is 274 g/mol. The standard InChI is InChI=1S/C15H18N2O3/c1-10(13-8-4-5-9-16-13)17-14(18)11-6-2-3-7-12(11)15(19)20/h2-5,8-12H,6-7H2,1H3,(H,17,18)(H,19,20)/t10-,11?,12?/m0/s1. The lowest BCUT2D eigenvalue weighted by Crippen LogP contribution is -2.39. The van der Waals surface area contributed by atoms with Crippen molar-refractivity contribution in [3.8, 4) is 0 Å². The number of hydrogen-bond acceptors (Lipinski definition) is 3. The molecule has 1 aliphatic rings. The van der Waals surface area contributed by atoms with Crippen LogP contribution in [0.3, 0.4) is 0 Å². The Hall–Kier alpha value is -2.17. The van der Waals surface area contributed by atoms with E-state index in [9.17, 15) is 14.7 Å². The van der Waals surface area contributed by atoms with Gasteiger partial charge in [-0.3, -0.25) is 14.6 Å². The molecule has 20 heavy (non-hydrogen) atoms. The van der Waals surface area contributed by atoms with Gasteiger partial charge < -0.3 is 10.4 Å². The molecule has 0 radical (unpaired) electrons. The first kappa shape index (κ1) is 14.2. The van der Waals surface area contributed by atoms with E-state index in [0.29, 0.717) is 12.8 Å².